The average Bonchev–Trinajstić information content (AvgIpc) is 2.51. The standard InChI is InChI=1S/C16H20N4O/c1-11-14-7-3-4-8-15(14)16(19-18-11)17-13-6-5-9-20(10-13)12(2)21/h3-4,7-8,13H,5-6,9-10H2,1-2H3,(H,17,19)/t13-/m0/s1. The number of aromatic nitrogens is 2. The van der Waals surface area contributed by atoms with Crippen LogP contribution in [0.25, 0.3) is 10.8 Å². The minimum Gasteiger partial charge on any atom is -0.364 e. The highest BCUT2D eigenvalue weighted by molar-refractivity contribution is 5.92. The van der Waals surface area contributed by atoms with Gasteiger partial charge in [0.25, 0.3) is 0 Å². The Kier molecular flexibility index (Phi) is 3.73. The molecule has 1 N–H and O–H groups in total. The lowest BCUT2D eigenvalue weighted by molar-refractivity contribution is -0.129. The van der Waals surface area contributed by atoms with Gasteiger partial charge >= 0.3 is 0 Å². The van der Waals surface area contributed by atoms with E-state index in [-0.39, 0.29) is 11.9 Å². The summed E-state index contributed by atoms with van der Waals surface area (Å²) in [7, 11) is 0. The van der Waals surface area contributed by atoms with E-state index in [0.29, 0.717) is 0 Å². The molecule has 1 saturated heterocycles. The molecular formula is C16H20N4O. The van der Waals surface area contributed by atoms with Crippen LogP contribution in [0.2, 0.25) is 0 Å². The van der Waals surface area contributed by atoms with Crippen molar-refractivity contribution in [2.75, 3.05) is 18.4 Å². The molecule has 110 valence electrons. The predicted octanol–water partition coefficient (Wildman–Crippen LogP) is 2.36. The highest BCUT2D eigenvalue weighted by atomic mass is 16.2. The number of amides is 1. The van der Waals surface area contributed by atoms with Crippen LogP contribution < -0.4 is 5.32 Å². The van der Waals surface area contributed by atoms with Gasteiger partial charge < -0.3 is 10.2 Å². The highest BCUT2D eigenvalue weighted by Gasteiger charge is 2.22. The van der Waals surface area contributed by atoms with Gasteiger partial charge in [0.1, 0.15) is 0 Å². The normalized spacial score (nSPS) is 18.8. The monoisotopic (exact) mass is 284 g/mol. The van der Waals surface area contributed by atoms with Crippen molar-refractivity contribution in [1.82, 2.24) is 15.1 Å². The zero-order valence-electron chi connectivity index (χ0n) is 12.5. The molecule has 1 aromatic heterocycles. The first-order chi connectivity index (χ1) is 10.1. The summed E-state index contributed by atoms with van der Waals surface area (Å²) in [6, 6.07) is 8.39. The summed E-state index contributed by atoms with van der Waals surface area (Å²) < 4.78 is 0. The second kappa shape index (κ2) is 5.68. The van der Waals surface area contributed by atoms with Crippen LogP contribution in [-0.2, 0) is 4.79 Å². The van der Waals surface area contributed by atoms with E-state index in [2.05, 4.69) is 27.6 Å². The first-order valence-electron chi connectivity index (χ1n) is 7.39. The molecule has 0 aliphatic carbocycles. The second-order valence-electron chi connectivity index (χ2n) is 5.63. The van der Waals surface area contributed by atoms with Crippen LogP contribution in [-0.4, -0.2) is 40.1 Å². The summed E-state index contributed by atoms with van der Waals surface area (Å²) in [5.41, 5.74) is 0.935. The minimum atomic E-state index is 0.140. The molecule has 21 heavy (non-hydrogen) atoms. The van der Waals surface area contributed by atoms with Crippen molar-refractivity contribution in [2.24, 2.45) is 0 Å². The van der Waals surface area contributed by atoms with Crippen molar-refractivity contribution in [1.29, 1.82) is 0 Å². The lowest BCUT2D eigenvalue weighted by Crippen LogP contribution is -2.44. The van der Waals surface area contributed by atoms with E-state index in [4.69, 9.17) is 0 Å². The molecule has 3 rings (SSSR count). The number of hydrogen-bond acceptors (Lipinski definition) is 4. The Morgan fingerprint density at radius 2 is 2.05 bits per heavy atom. The predicted molar refractivity (Wildman–Crippen MR) is 83.2 cm³/mol. The molecule has 0 saturated carbocycles. The van der Waals surface area contributed by atoms with Crippen molar-refractivity contribution in [2.45, 2.75) is 32.7 Å². The number of hydrogen-bond donors (Lipinski definition) is 1. The van der Waals surface area contributed by atoms with Gasteiger partial charge in [0.2, 0.25) is 5.91 Å². The molecule has 1 aromatic carbocycles. The van der Waals surface area contributed by atoms with Gasteiger partial charge in [-0.15, -0.1) is 5.10 Å². The second-order valence-corrected chi connectivity index (χ2v) is 5.63. The number of carbonyl (C=O) groups is 1. The lowest BCUT2D eigenvalue weighted by Gasteiger charge is -2.32. The number of nitrogens with zero attached hydrogens (tertiary/aromatic N) is 3. The van der Waals surface area contributed by atoms with Crippen molar-refractivity contribution in [3.8, 4) is 0 Å². The van der Waals surface area contributed by atoms with Crippen molar-refractivity contribution >= 4 is 22.5 Å². The molecule has 1 fully saturated rings. The molecule has 2 heterocycles. The molecule has 2 aromatic rings. The van der Waals surface area contributed by atoms with Gasteiger partial charge in [-0.1, -0.05) is 24.3 Å². The molecule has 0 bridgehead atoms. The van der Waals surface area contributed by atoms with Gasteiger partial charge in [-0.05, 0) is 19.8 Å². The molecule has 1 amide bonds. The fourth-order valence-electron chi connectivity index (χ4n) is 2.92. The minimum absolute atomic E-state index is 0.140. The molecule has 5 nitrogen and oxygen atoms in total. The summed E-state index contributed by atoms with van der Waals surface area (Å²) in [4.78, 5) is 13.4. The maximum atomic E-state index is 11.5. The number of benzene rings is 1. The first kappa shape index (κ1) is 13.8. The van der Waals surface area contributed by atoms with Crippen molar-refractivity contribution < 1.29 is 4.79 Å². The fraction of sp³-hybridized carbons (Fsp3) is 0.438. The van der Waals surface area contributed by atoms with Crippen LogP contribution in [0.15, 0.2) is 24.3 Å². The Labute approximate surface area is 124 Å². The summed E-state index contributed by atoms with van der Waals surface area (Å²) >= 11 is 0. The Morgan fingerprint density at radius 3 is 2.81 bits per heavy atom. The molecule has 5 heteroatoms. The van der Waals surface area contributed by atoms with Crippen LogP contribution >= 0.6 is 0 Å². The first-order valence-corrected chi connectivity index (χ1v) is 7.39. The third-order valence-electron chi connectivity index (χ3n) is 4.08. The summed E-state index contributed by atoms with van der Waals surface area (Å²) in [6.45, 7) is 5.19. The zero-order valence-corrected chi connectivity index (χ0v) is 12.5. The number of anilines is 1. The number of likely N-dealkylation sites (tertiary alicyclic amines) is 1. The lowest BCUT2D eigenvalue weighted by atomic mass is 10.0. The third kappa shape index (κ3) is 2.82. The number of carbonyl (C=O) groups excluding carboxylic acids is 1. The SMILES string of the molecule is CC(=O)N1CCC[C@H](Nc2nnc(C)c3ccccc23)C1. The van der Waals surface area contributed by atoms with E-state index in [1.807, 2.05) is 24.0 Å². The van der Waals surface area contributed by atoms with E-state index >= 15 is 0 Å². The number of piperidine rings is 1. The van der Waals surface area contributed by atoms with Crippen LogP contribution in [0.5, 0.6) is 0 Å². The molecule has 0 spiro atoms. The number of fused-ring (bicyclic) bond motifs is 1. The Balaban J connectivity index is 1.85. The van der Waals surface area contributed by atoms with Crippen LogP contribution in [0.3, 0.4) is 0 Å². The van der Waals surface area contributed by atoms with Crippen LogP contribution in [0.1, 0.15) is 25.5 Å². The zero-order chi connectivity index (χ0) is 14.8. The maximum absolute atomic E-state index is 11.5. The van der Waals surface area contributed by atoms with Gasteiger partial charge in [0.15, 0.2) is 5.82 Å². The largest absolute Gasteiger partial charge is 0.364 e. The van der Waals surface area contributed by atoms with Crippen LogP contribution in [0, 0.1) is 6.92 Å². The quantitative estimate of drug-likeness (QED) is 0.919. The summed E-state index contributed by atoms with van der Waals surface area (Å²) in [5, 5.41) is 14.2. The van der Waals surface area contributed by atoms with E-state index in [0.717, 1.165) is 48.2 Å². The van der Waals surface area contributed by atoms with Gasteiger partial charge in [-0.3, -0.25) is 4.79 Å². The molecule has 1 aliphatic heterocycles. The van der Waals surface area contributed by atoms with Crippen molar-refractivity contribution in [3.63, 3.8) is 0 Å². The Bertz CT molecular complexity index is 670. The Morgan fingerprint density at radius 1 is 1.29 bits per heavy atom. The fourth-order valence-corrected chi connectivity index (χ4v) is 2.92. The van der Waals surface area contributed by atoms with Gasteiger partial charge in [0, 0.05) is 36.8 Å². The van der Waals surface area contributed by atoms with Gasteiger partial charge in [-0.2, -0.15) is 5.10 Å². The number of rotatable bonds is 2. The summed E-state index contributed by atoms with van der Waals surface area (Å²) in [5.74, 6) is 0.952. The van der Waals surface area contributed by atoms with E-state index < -0.39 is 0 Å². The smallest absolute Gasteiger partial charge is 0.219 e. The molecule has 0 unspecified atom stereocenters. The average molecular weight is 284 g/mol. The maximum Gasteiger partial charge on any atom is 0.219 e. The number of nitrogens with one attached hydrogen (secondary N) is 1. The highest BCUT2D eigenvalue weighted by Crippen LogP contribution is 2.24. The molecule has 0 radical (unpaired) electrons. The van der Waals surface area contributed by atoms with E-state index in [9.17, 15) is 4.79 Å². The van der Waals surface area contributed by atoms with Crippen LogP contribution in [0.4, 0.5) is 5.82 Å². The van der Waals surface area contributed by atoms with Gasteiger partial charge in [0.05, 0.1) is 5.69 Å². The third-order valence-corrected chi connectivity index (χ3v) is 4.08. The van der Waals surface area contributed by atoms with Crippen molar-refractivity contribution in [3.05, 3.63) is 30.0 Å². The van der Waals surface area contributed by atoms with Gasteiger partial charge in [-0.25, -0.2) is 0 Å². The van der Waals surface area contributed by atoms with E-state index in [1.54, 1.807) is 6.92 Å². The summed E-state index contributed by atoms with van der Waals surface area (Å²) in [6.07, 6.45) is 2.07. The number of aryl methyl sites for hydroxylation is 1. The Hall–Kier alpha value is -2.17. The topological polar surface area (TPSA) is 58.1 Å². The molecular weight excluding hydrogens is 264 g/mol. The van der Waals surface area contributed by atoms with E-state index in [1.165, 1.54) is 0 Å². The molecule has 1 aliphatic rings. The molecule has 1 atom stereocenters.